The topological polar surface area (TPSA) is 73.8 Å². The van der Waals surface area contributed by atoms with Gasteiger partial charge in [-0.3, -0.25) is 0 Å². The maximum Gasteiger partial charge on any atom is 0.179 e. The van der Waals surface area contributed by atoms with Crippen LogP contribution in [0.4, 0.5) is 5.82 Å². The van der Waals surface area contributed by atoms with Crippen LogP contribution in [0, 0.1) is 0 Å². The lowest BCUT2D eigenvalue weighted by Crippen LogP contribution is -1.91. The smallest absolute Gasteiger partial charge is 0.179 e. The molecule has 3 N–H and O–H groups in total. The highest BCUT2D eigenvalue weighted by atomic mass is 16.2. The second kappa shape index (κ2) is 4.94. The average molecular weight is 220 g/mol. The molecule has 0 spiro atoms. The zero-order valence-electron chi connectivity index (χ0n) is 9.32. The molecule has 0 aliphatic heterocycles. The van der Waals surface area contributed by atoms with E-state index in [0.717, 1.165) is 42.1 Å². The zero-order valence-corrected chi connectivity index (χ0v) is 9.32. The van der Waals surface area contributed by atoms with Crippen LogP contribution >= 0.6 is 0 Å². The molecule has 0 aliphatic carbocycles. The second-order valence-corrected chi connectivity index (χ2v) is 3.68. The summed E-state index contributed by atoms with van der Waals surface area (Å²) in [6.45, 7) is 0.238. The number of H-pyrrole nitrogens is 1. The van der Waals surface area contributed by atoms with Gasteiger partial charge >= 0.3 is 0 Å². The third kappa shape index (κ3) is 2.30. The number of aromatic nitrogens is 3. The SMILES string of the molecule is CNc1ccc2[nH]c(CCCCO)nc2n1. The van der Waals surface area contributed by atoms with Crippen molar-refractivity contribution in [1.29, 1.82) is 0 Å². The first-order chi connectivity index (χ1) is 7.83. The Morgan fingerprint density at radius 1 is 1.31 bits per heavy atom. The molecule has 0 aromatic carbocycles. The lowest BCUT2D eigenvalue weighted by atomic mass is 10.2. The molecule has 2 aromatic rings. The van der Waals surface area contributed by atoms with E-state index >= 15 is 0 Å². The fraction of sp³-hybridized carbons (Fsp3) is 0.455. The minimum absolute atomic E-state index is 0.238. The third-order valence-corrected chi connectivity index (χ3v) is 2.47. The number of rotatable bonds is 5. The van der Waals surface area contributed by atoms with Crippen LogP contribution in [-0.4, -0.2) is 33.7 Å². The normalized spacial score (nSPS) is 10.9. The van der Waals surface area contributed by atoms with Crippen LogP contribution in [0.1, 0.15) is 18.7 Å². The summed E-state index contributed by atoms with van der Waals surface area (Å²) in [5, 5.41) is 11.7. The van der Waals surface area contributed by atoms with E-state index in [1.807, 2.05) is 19.2 Å². The van der Waals surface area contributed by atoms with Crippen molar-refractivity contribution in [3.63, 3.8) is 0 Å². The molecule has 2 aromatic heterocycles. The second-order valence-electron chi connectivity index (χ2n) is 3.68. The molecule has 2 heterocycles. The van der Waals surface area contributed by atoms with Gasteiger partial charge in [0.2, 0.25) is 0 Å². The van der Waals surface area contributed by atoms with Crippen LogP contribution in [0.2, 0.25) is 0 Å². The average Bonchev–Trinajstić information content (AvgIpc) is 2.70. The third-order valence-electron chi connectivity index (χ3n) is 2.47. The van der Waals surface area contributed by atoms with Crippen molar-refractivity contribution in [3.8, 4) is 0 Å². The predicted molar refractivity (Wildman–Crippen MR) is 63.5 cm³/mol. The number of fused-ring (bicyclic) bond motifs is 1. The van der Waals surface area contributed by atoms with Crippen molar-refractivity contribution in [2.24, 2.45) is 0 Å². The minimum Gasteiger partial charge on any atom is -0.396 e. The standard InChI is InChI=1S/C11H16N4O/c1-12-9-6-5-8-11(14-9)15-10(13-8)4-2-3-7-16/h5-6,16H,2-4,7H2,1H3,(H2,12,13,14,15). The van der Waals surface area contributed by atoms with Gasteiger partial charge in [-0.2, -0.15) is 0 Å². The molecule has 0 radical (unpaired) electrons. The van der Waals surface area contributed by atoms with Gasteiger partial charge < -0.3 is 15.4 Å². The van der Waals surface area contributed by atoms with Gasteiger partial charge in [0.15, 0.2) is 5.65 Å². The van der Waals surface area contributed by atoms with Crippen LogP contribution in [0.25, 0.3) is 11.2 Å². The summed E-state index contributed by atoms with van der Waals surface area (Å²) < 4.78 is 0. The van der Waals surface area contributed by atoms with Crippen LogP contribution in [0.5, 0.6) is 0 Å². The van der Waals surface area contributed by atoms with Gasteiger partial charge in [0.05, 0.1) is 5.52 Å². The van der Waals surface area contributed by atoms with E-state index in [0.29, 0.717) is 0 Å². The summed E-state index contributed by atoms with van der Waals surface area (Å²) in [7, 11) is 1.84. The van der Waals surface area contributed by atoms with E-state index in [-0.39, 0.29) is 6.61 Å². The van der Waals surface area contributed by atoms with Crippen molar-refractivity contribution in [2.45, 2.75) is 19.3 Å². The molecular formula is C11H16N4O. The molecule has 0 fully saturated rings. The first-order valence-corrected chi connectivity index (χ1v) is 5.47. The number of aliphatic hydroxyl groups is 1. The molecule has 0 aliphatic rings. The number of nitrogens with zero attached hydrogens (tertiary/aromatic N) is 2. The predicted octanol–water partition coefficient (Wildman–Crippen LogP) is 1.31. The van der Waals surface area contributed by atoms with Gasteiger partial charge in [-0.15, -0.1) is 0 Å². The highest BCUT2D eigenvalue weighted by molar-refractivity contribution is 5.72. The molecule has 2 rings (SSSR count). The quantitative estimate of drug-likeness (QED) is 0.664. The molecule has 0 saturated carbocycles. The molecular weight excluding hydrogens is 204 g/mol. The van der Waals surface area contributed by atoms with Gasteiger partial charge in [0, 0.05) is 20.1 Å². The van der Waals surface area contributed by atoms with E-state index in [1.165, 1.54) is 0 Å². The number of nitrogens with one attached hydrogen (secondary N) is 2. The Balaban J connectivity index is 2.16. The number of imidazole rings is 1. The van der Waals surface area contributed by atoms with Crippen molar-refractivity contribution in [1.82, 2.24) is 15.0 Å². The number of aryl methyl sites for hydroxylation is 1. The lowest BCUT2D eigenvalue weighted by molar-refractivity contribution is 0.284. The lowest BCUT2D eigenvalue weighted by Gasteiger charge is -1.95. The van der Waals surface area contributed by atoms with Gasteiger partial charge in [-0.05, 0) is 25.0 Å². The molecule has 0 unspecified atom stereocenters. The molecule has 5 nitrogen and oxygen atoms in total. The number of anilines is 1. The molecule has 0 atom stereocenters. The van der Waals surface area contributed by atoms with Crippen molar-refractivity contribution >= 4 is 17.0 Å². The maximum atomic E-state index is 8.70. The van der Waals surface area contributed by atoms with Crippen LogP contribution < -0.4 is 5.32 Å². The van der Waals surface area contributed by atoms with Crippen LogP contribution in [0.15, 0.2) is 12.1 Å². The number of hydrogen-bond donors (Lipinski definition) is 3. The van der Waals surface area contributed by atoms with Gasteiger partial charge in [0.1, 0.15) is 11.6 Å². The largest absolute Gasteiger partial charge is 0.396 e. The monoisotopic (exact) mass is 220 g/mol. The fourth-order valence-corrected chi connectivity index (χ4v) is 1.60. The van der Waals surface area contributed by atoms with E-state index in [9.17, 15) is 0 Å². The Labute approximate surface area is 93.9 Å². The van der Waals surface area contributed by atoms with Gasteiger partial charge in [-0.1, -0.05) is 0 Å². The van der Waals surface area contributed by atoms with Crippen LogP contribution in [-0.2, 0) is 6.42 Å². The zero-order chi connectivity index (χ0) is 11.4. The number of aliphatic hydroxyl groups excluding tert-OH is 1. The number of unbranched alkanes of at least 4 members (excludes halogenated alkanes) is 1. The Hall–Kier alpha value is -1.62. The Kier molecular flexibility index (Phi) is 3.36. The van der Waals surface area contributed by atoms with E-state index in [4.69, 9.17) is 5.11 Å². The number of pyridine rings is 1. The molecule has 0 amide bonds. The molecule has 86 valence electrons. The molecule has 0 bridgehead atoms. The highest BCUT2D eigenvalue weighted by Gasteiger charge is 2.04. The molecule has 0 saturated heterocycles. The Bertz CT molecular complexity index is 466. The Morgan fingerprint density at radius 3 is 2.94 bits per heavy atom. The first kappa shape index (κ1) is 10.9. The summed E-state index contributed by atoms with van der Waals surface area (Å²) in [5.41, 5.74) is 1.70. The number of aromatic amines is 1. The summed E-state index contributed by atoms with van der Waals surface area (Å²) in [6, 6.07) is 3.88. The van der Waals surface area contributed by atoms with Gasteiger partial charge in [0.25, 0.3) is 0 Å². The maximum absolute atomic E-state index is 8.70. The van der Waals surface area contributed by atoms with Crippen molar-refractivity contribution < 1.29 is 5.11 Å². The highest BCUT2D eigenvalue weighted by Crippen LogP contribution is 2.13. The van der Waals surface area contributed by atoms with E-state index in [1.54, 1.807) is 0 Å². The first-order valence-electron chi connectivity index (χ1n) is 5.47. The van der Waals surface area contributed by atoms with Crippen LogP contribution in [0.3, 0.4) is 0 Å². The molecule has 16 heavy (non-hydrogen) atoms. The van der Waals surface area contributed by atoms with E-state index in [2.05, 4.69) is 20.3 Å². The number of hydrogen-bond acceptors (Lipinski definition) is 4. The minimum atomic E-state index is 0.238. The fourth-order valence-electron chi connectivity index (χ4n) is 1.60. The summed E-state index contributed by atoms with van der Waals surface area (Å²) in [5.74, 6) is 1.75. The summed E-state index contributed by atoms with van der Waals surface area (Å²) in [6.07, 6.45) is 2.60. The summed E-state index contributed by atoms with van der Waals surface area (Å²) >= 11 is 0. The van der Waals surface area contributed by atoms with E-state index < -0.39 is 0 Å². The van der Waals surface area contributed by atoms with Crippen molar-refractivity contribution in [2.75, 3.05) is 19.0 Å². The summed E-state index contributed by atoms with van der Waals surface area (Å²) in [4.78, 5) is 12.0. The van der Waals surface area contributed by atoms with Crippen molar-refractivity contribution in [3.05, 3.63) is 18.0 Å². The van der Waals surface area contributed by atoms with Gasteiger partial charge in [-0.25, -0.2) is 9.97 Å². The Morgan fingerprint density at radius 2 is 2.19 bits per heavy atom. The molecule has 5 heteroatoms.